The van der Waals surface area contributed by atoms with Gasteiger partial charge in [-0.05, 0) is 6.42 Å². The highest BCUT2D eigenvalue weighted by molar-refractivity contribution is 7.44. The third-order valence-corrected chi connectivity index (χ3v) is 6.11. The van der Waals surface area contributed by atoms with Crippen molar-refractivity contribution in [3.63, 3.8) is 0 Å². The number of urea groups is 1. The molecular weight excluding hydrogens is 469 g/mol. The predicted octanol–water partition coefficient (Wildman–Crippen LogP) is 4.27. The van der Waals surface area contributed by atoms with Crippen LogP contribution >= 0.6 is 7.82 Å². The van der Waals surface area contributed by atoms with Gasteiger partial charge in [-0.3, -0.25) is 4.57 Å². The number of nitrogens with one attached hydrogen (secondary N) is 1. The Balaban J connectivity index is 0. The third-order valence-electron chi connectivity index (χ3n) is 5.61. The lowest BCUT2D eigenvalue weighted by Crippen LogP contribution is -2.39. The van der Waals surface area contributed by atoms with Gasteiger partial charge < -0.3 is 34.1 Å². The Morgan fingerprint density at radius 2 is 1.34 bits per heavy atom. The average Bonchev–Trinajstić information content (AvgIpc) is 2.75. The van der Waals surface area contributed by atoms with Crippen molar-refractivity contribution >= 4 is 13.9 Å². The van der Waals surface area contributed by atoms with E-state index in [-0.39, 0.29) is 19.2 Å². The van der Waals surface area contributed by atoms with Crippen molar-refractivity contribution in [1.29, 1.82) is 0 Å². The number of phosphoric acid groups is 1. The summed E-state index contributed by atoms with van der Waals surface area (Å²) in [4.78, 5) is 31.3. The molecule has 0 aliphatic heterocycles. The summed E-state index contributed by atoms with van der Waals surface area (Å²) in [5.41, 5.74) is 0. The molecular formula is C25H56N3O6P. The Morgan fingerprint density at radius 3 is 1.71 bits per heavy atom. The van der Waals surface area contributed by atoms with Gasteiger partial charge >= 0.3 is 6.03 Å². The van der Waals surface area contributed by atoms with Gasteiger partial charge in [0.25, 0.3) is 7.82 Å². The van der Waals surface area contributed by atoms with Crippen LogP contribution in [0.5, 0.6) is 0 Å². The summed E-state index contributed by atoms with van der Waals surface area (Å²) >= 11 is 0. The Morgan fingerprint density at radius 1 is 0.914 bits per heavy atom. The van der Waals surface area contributed by atoms with Crippen LogP contribution in [0.15, 0.2) is 0 Å². The first-order chi connectivity index (χ1) is 16.4. The second kappa shape index (κ2) is 23.7. The number of likely N-dealkylation sites (N-methyl/N-ethyl adjacent to an activating group) is 2. The standard InChI is InChI=1S/C20H42N2O2.C5H14NO4P/c1-3-4-5-6-7-8-9-10-11-12-13-14-15-16-17-21-20(24)22(2)18-19-23;1-6(2,3)4-5-10-11(7,8)9/h23H,3-19H2,1-2H3,(H,21,24);4-5H2,1-3H3,(H-,7,8,9). The van der Waals surface area contributed by atoms with Crippen molar-refractivity contribution in [3.05, 3.63) is 0 Å². The van der Waals surface area contributed by atoms with Crippen LogP contribution in [-0.2, 0) is 9.09 Å². The molecule has 0 aromatic rings. The molecule has 0 aliphatic rings. The van der Waals surface area contributed by atoms with E-state index in [9.17, 15) is 14.3 Å². The molecule has 0 heterocycles. The van der Waals surface area contributed by atoms with E-state index in [0.717, 1.165) is 13.0 Å². The summed E-state index contributed by atoms with van der Waals surface area (Å²) < 4.78 is 14.8. The fraction of sp³-hybridized carbons (Fsp3) is 0.960. The molecule has 212 valence electrons. The van der Waals surface area contributed by atoms with Crippen LogP contribution in [-0.4, -0.2) is 86.5 Å². The van der Waals surface area contributed by atoms with Gasteiger partial charge in [-0.15, -0.1) is 0 Å². The highest BCUT2D eigenvalue weighted by atomic mass is 31.2. The molecule has 1 unspecified atom stereocenters. The molecule has 3 N–H and O–H groups in total. The number of quaternary nitrogens is 1. The molecule has 2 amide bonds. The molecule has 9 nitrogen and oxygen atoms in total. The Bertz CT molecular complexity index is 526. The SMILES string of the molecule is CCCCCCCCCCCCCCCCNC(=O)N(C)CCO.C[N+](C)(C)CCOP(=O)([O-])O. The molecule has 0 radical (unpaired) electrons. The van der Waals surface area contributed by atoms with Gasteiger partial charge in [0, 0.05) is 20.1 Å². The molecule has 0 saturated heterocycles. The minimum absolute atomic E-state index is 0.0147. The maximum Gasteiger partial charge on any atom is 0.317 e. The molecule has 0 fully saturated rings. The van der Waals surface area contributed by atoms with E-state index in [4.69, 9.17) is 10.00 Å². The van der Waals surface area contributed by atoms with Crippen LogP contribution in [0.4, 0.5) is 4.79 Å². The van der Waals surface area contributed by atoms with Crippen molar-refractivity contribution in [2.45, 2.75) is 96.8 Å². The lowest BCUT2D eigenvalue weighted by atomic mass is 10.0. The number of amides is 2. The fourth-order valence-electron chi connectivity index (χ4n) is 3.33. The van der Waals surface area contributed by atoms with E-state index in [0.29, 0.717) is 17.6 Å². The van der Waals surface area contributed by atoms with E-state index in [2.05, 4.69) is 16.8 Å². The zero-order valence-corrected chi connectivity index (χ0v) is 24.2. The minimum Gasteiger partial charge on any atom is -0.756 e. The summed E-state index contributed by atoms with van der Waals surface area (Å²) in [5, 5.41) is 11.7. The summed E-state index contributed by atoms with van der Waals surface area (Å²) in [5.74, 6) is 0. The van der Waals surface area contributed by atoms with Gasteiger partial charge in [-0.25, -0.2) is 4.79 Å². The second-order valence-corrected chi connectivity index (χ2v) is 11.5. The smallest absolute Gasteiger partial charge is 0.317 e. The number of phosphoric ester groups is 1. The van der Waals surface area contributed by atoms with Crippen LogP contribution in [0.25, 0.3) is 0 Å². The lowest BCUT2D eigenvalue weighted by molar-refractivity contribution is -0.870. The van der Waals surface area contributed by atoms with Crippen LogP contribution in [0.3, 0.4) is 0 Å². The number of nitrogens with zero attached hydrogens (tertiary/aromatic N) is 2. The number of aliphatic hydroxyl groups excluding tert-OH is 1. The Hall–Kier alpha value is -0.700. The fourth-order valence-corrected chi connectivity index (χ4v) is 3.64. The number of hydrogen-bond acceptors (Lipinski definition) is 5. The van der Waals surface area contributed by atoms with E-state index >= 15 is 0 Å². The number of rotatable bonds is 21. The number of aliphatic hydroxyl groups is 1. The van der Waals surface area contributed by atoms with Gasteiger partial charge in [0.15, 0.2) is 0 Å². The van der Waals surface area contributed by atoms with Crippen molar-refractivity contribution in [2.24, 2.45) is 0 Å². The highest BCUT2D eigenvalue weighted by Gasteiger charge is 2.09. The predicted molar refractivity (Wildman–Crippen MR) is 142 cm³/mol. The van der Waals surface area contributed by atoms with Crippen molar-refractivity contribution in [1.82, 2.24) is 10.2 Å². The summed E-state index contributed by atoms with van der Waals surface area (Å²) in [7, 11) is 2.89. The van der Waals surface area contributed by atoms with Gasteiger partial charge in [0.05, 0.1) is 27.7 Å². The third kappa shape index (κ3) is 33.3. The van der Waals surface area contributed by atoms with E-state index < -0.39 is 7.82 Å². The molecule has 1 atom stereocenters. The van der Waals surface area contributed by atoms with E-state index in [1.807, 2.05) is 21.1 Å². The molecule has 0 bridgehead atoms. The van der Waals surface area contributed by atoms with Crippen molar-refractivity contribution < 1.29 is 33.3 Å². The molecule has 0 spiro atoms. The molecule has 0 aliphatic carbocycles. The zero-order chi connectivity index (χ0) is 27.0. The molecule has 0 aromatic heterocycles. The van der Waals surface area contributed by atoms with Gasteiger partial charge in [-0.2, -0.15) is 0 Å². The first-order valence-electron chi connectivity index (χ1n) is 13.5. The van der Waals surface area contributed by atoms with Gasteiger partial charge in [0.1, 0.15) is 13.2 Å². The Labute approximate surface area is 215 Å². The number of carbonyl (C=O) groups is 1. The molecule has 10 heteroatoms. The summed E-state index contributed by atoms with van der Waals surface area (Å²) in [6.07, 6.45) is 18.9. The van der Waals surface area contributed by atoms with E-state index in [1.165, 1.54) is 88.4 Å². The second-order valence-electron chi connectivity index (χ2n) is 10.3. The van der Waals surface area contributed by atoms with Crippen LogP contribution in [0.1, 0.15) is 96.8 Å². The summed E-state index contributed by atoms with van der Waals surface area (Å²) in [6, 6.07) is -0.0845. The lowest BCUT2D eigenvalue weighted by Gasteiger charge is -2.25. The van der Waals surface area contributed by atoms with Crippen LogP contribution in [0, 0.1) is 0 Å². The number of unbranched alkanes of at least 4 members (excludes halogenated alkanes) is 13. The number of carbonyl (C=O) groups excluding carboxylic acids is 1. The monoisotopic (exact) mass is 525 g/mol. The highest BCUT2D eigenvalue weighted by Crippen LogP contribution is 2.29. The van der Waals surface area contributed by atoms with Crippen molar-refractivity contribution in [3.8, 4) is 0 Å². The quantitative estimate of drug-likeness (QED) is 0.117. The van der Waals surface area contributed by atoms with Gasteiger partial charge in [-0.1, -0.05) is 90.4 Å². The van der Waals surface area contributed by atoms with Gasteiger partial charge in [0.2, 0.25) is 0 Å². The largest absolute Gasteiger partial charge is 0.756 e. The van der Waals surface area contributed by atoms with E-state index in [1.54, 1.807) is 7.05 Å². The molecule has 0 aromatic carbocycles. The average molecular weight is 526 g/mol. The minimum atomic E-state index is -4.51. The molecule has 0 saturated carbocycles. The Kier molecular flexibility index (Phi) is 24.7. The van der Waals surface area contributed by atoms with Crippen LogP contribution < -0.4 is 10.2 Å². The topological polar surface area (TPSA) is 122 Å². The molecule has 35 heavy (non-hydrogen) atoms. The maximum absolute atomic E-state index is 11.6. The normalized spacial score (nSPS) is 13.0. The van der Waals surface area contributed by atoms with Crippen LogP contribution in [0.2, 0.25) is 0 Å². The number of hydrogen-bond donors (Lipinski definition) is 3. The molecule has 0 rings (SSSR count). The zero-order valence-electron chi connectivity index (χ0n) is 23.3. The van der Waals surface area contributed by atoms with Crippen molar-refractivity contribution in [2.75, 3.05) is 61.0 Å². The first kappa shape index (κ1) is 36.5. The first-order valence-corrected chi connectivity index (χ1v) is 15.0. The summed E-state index contributed by atoms with van der Waals surface area (Å²) in [6.45, 7) is 3.97. The maximum atomic E-state index is 11.6.